The van der Waals surface area contributed by atoms with Crippen molar-refractivity contribution in [3.63, 3.8) is 0 Å². The number of hydrogen-bond donors (Lipinski definition) is 0. The first-order valence-electron chi connectivity index (χ1n) is 15.8. The van der Waals surface area contributed by atoms with Crippen LogP contribution in [0.25, 0.3) is 87.3 Å². The van der Waals surface area contributed by atoms with Gasteiger partial charge in [0.15, 0.2) is 0 Å². The van der Waals surface area contributed by atoms with E-state index in [2.05, 4.69) is 30.3 Å². The smallest absolute Gasteiger partial charge is 0.136 e. The monoisotopic (exact) mass is 600 g/mol. The molecule has 0 aliphatic carbocycles. The first-order valence-corrected chi connectivity index (χ1v) is 15.8. The van der Waals surface area contributed by atoms with Crippen molar-refractivity contribution in [3.05, 3.63) is 97.1 Å². The molecule has 8 aromatic carbocycles. The lowest BCUT2D eigenvalue weighted by Gasteiger charge is -2.29. The van der Waals surface area contributed by atoms with E-state index in [1.54, 1.807) is 0 Å². The van der Waals surface area contributed by atoms with E-state index in [0.29, 0.717) is 32.7 Å². The largest absolute Gasteiger partial charge is 0.456 e. The summed E-state index contributed by atoms with van der Waals surface area (Å²) in [6.07, 6.45) is 0. The predicted molar refractivity (Wildman–Crippen MR) is 218 cm³/mol. The molecule has 9 heteroatoms. The first-order chi connectivity index (χ1) is 23.7. The average Bonchev–Trinajstić information content (AvgIpc) is 3.48. The Bertz CT molecular complexity index is 2840. The number of hydrogen-bond acceptors (Lipinski definition) is 1. The van der Waals surface area contributed by atoms with Crippen LogP contribution < -0.4 is 43.7 Å². The Balaban J connectivity index is 1.54. The van der Waals surface area contributed by atoms with Gasteiger partial charge in [-0.15, -0.1) is 21.9 Å². The summed E-state index contributed by atoms with van der Waals surface area (Å²) in [4.78, 5) is 0. The molecule has 206 valence electrons. The summed E-state index contributed by atoms with van der Waals surface area (Å²) in [5, 5.41) is 8.34. The predicted octanol–water partition coefficient (Wildman–Crippen LogP) is 1.88. The number of fused-ring (bicyclic) bond motifs is 7. The van der Waals surface area contributed by atoms with Gasteiger partial charge in [-0.3, -0.25) is 0 Å². The van der Waals surface area contributed by atoms with Crippen molar-refractivity contribution in [2.75, 3.05) is 0 Å². The average molecular weight is 599 g/mol. The quantitative estimate of drug-likeness (QED) is 0.219. The van der Waals surface area contributed by atoms with Crippen LogP contribution >= 0.6 is 0 Å². The second-order valence-corrected chi connectivity index (χ2v) is 12.6. The molecule has 1 nitrogen and oxygen atoms in total. The lowest BCUT2D eigenvalue weighted by molar-refractivity contribution is 0.669. The normalized spacial score (nSPS) is 11.9. The van der Waals surface area contributed by atoms with Crippen LogP contribution in [0.4, 0.5) is 0 Å². The van der Waals surface area contributed by atoms with Gasteiger partial charge in [-0.25, -0.2) is 0 Å². The fraction of sp³-hybridized carbons (Fsp3) is 0. The second-order valence-electron chi connectivity index (χ2n) is 12.6. The van der Waals surface area contributed by atoms with Crippen molar-refractivity contribution in [1.29, 1.82) is 0 Å². The van der Waals surface area contributed by atoms with Crippen molar-refractivity contribution < 1.29 is 4.42 Å². The summed E-state index contributed by atoms with van der Waals surface area (Å²) in [6, 6.07) is 32.4. The molecule has 0 unspecified atom stereocenters. The van der Waals surface area contributed by atoms with Crippen molar-refractivity contribution in [2.45, 2.75) is 0 Å². The van der Waals surface area contributed by atoms with E-state index < -0.39 is 0 Å². The summed E-state index contributed by atoms with van der Waals surface area (Å²) in [5.41, 5.74) is 6.19. The molecule has 9 rings (SSSR count). The van der Waals surface area contributed by atoms with E-state index in [1.807, 2.05) is 66.7 Å². The molecule has 0 saturated heterocycles. The van der Waals surface area contributed by atoms with Crippen molar-refractivity contribution in [2.24, 2.45) is 0 Å². The van der Waals surface area contributed by atoms with Gasteiger partial charge in [0.25, 0.3) is 0 Å². The number of furan rings is 1. The highest BCUT2D eigenvalue weighted by Crippen LogP contribution is 2.44. The maximum Gasteiger partial charge on any atom is 0.136 e. The molecule has 9 aromatic rings. The first kappa shape index (κ1) is 30.2. The minimum absolute atomic E-state index is 0.172. The van der Waals surface area contributed by atoms with Gasteiger partial charge in [0.2, 0.25) is 0 Å². The Hall–Kier alpha value is -4.88. The lowest BCUT2D eigenvalue weighted by atomic mass is 9.59. The second kappa shape index (κ2) is 10.8. The summed E-state index contributed by atoms with van der Waals surface area (Å²) in [7, 11) is 54.2. The van der Waals surface area contributed by atoms with Crippen LogP contribution in [0.2, 0.25) is 0 Å². The van der Waals surface area contributed by atoms with Crippen molar-refractivity contribution in [1.82, 2.24) is 0 Å². The molecule has 0 aliphatic rings. The van der Waals surface area contributed by atoms with Crippen LogP contribution in [0.3, 0.4) is 0 Å². The SMILES string of the molecule is [B]c1c([B])c([B])c2c(-c3cccc4ccccc34)c3c([B])c([B])c([B])c([B])c3c(-c3ccc4oc5cc6ccccc6cc5c4c3)c2c1[B]. The molecule has 0 spiro atoms. The molecule has 16 radical (unpaired) electrons. The minimum Gasteiger partial charge on any atom is -0.456 e. The van der Waals surface area contributed by atoms with Crippen LogP contribution in [-0.4, -0.2) is 62.8 Å². The zero-order valence-electron chi connectivity index (χ0n) is 26.3. The molecule has 49 heavy (non-hydrogen) atoms. The van der Waals surface area contributed by atoms with E-state index in [9.17, 15) is 0 Å². The fourth-order valence-corrected chi connectivity index (χ4v) is 7.57. The minimum atomic E-state index is 0.172. The number of benzene rings is 8. The Morgan fingerprint density at radius 1 is 0.347 bits per heavy atom. The highest BCUT2D eigenvalue weighted by molar-refractivity contribution is 6.71. The molecule has 0 fully saturated rings. The third-order valence-electron chi connectivity index (χ3n) is 10.0. The summed E-state index contributed by atoms with van der Waals surface area (Å²) in [6.45, 7) is 0. The molecule has 1 aromatic heterocycles. The van der Waals surface area contributed by atoms with Crippen LogP contribution in [0.15, 0.2) is 101 Å². The topological polar surface area (TPSA) is 13.1 Å². The molecule has 0 bridgehead atoms. The Morgan fingerprint density at radius 3 is 1.45 bits per heavy atom. The highest BCUT2D eigenvalue weighted by atomic mass is 16.3. The van der Waals surface area contributed by atoms with Gasteiger partial charge in [-0.05, 0) is 89.6 Å². The van der Waals surface area contributed by atoms with Gasteiger partial charge in [0.05, 0.1) is 0 Å². The zero-order chi connectivity index (χ0) is 33.9. The van der Waals surface area contributed by atoms with E-state index in [-0.39, 0.29) is 43.7 Å². The van der Waals surface area contributed by atoms with E-state index in [0.717, 1.165) is 54.6 Å². The summed E-state index contributed by atoms with van der Waals surface area (Å²) in [5.74, 6) is 0. The molecule has 0 saturated carbocycles. The Kier molecular flexibility index (Phi) is 6.66. The Morgan fingerprint density at radius 2 is 0.837 bits per heavy atom. The van der Waals surface area contributed by atoms with Crippen molar-refractivity contribution >= 4 is 172 Å². The fourth-order valence-electron chi connectivity index (χ4n) is 7.57. The van der Waals surface area contributed by atoms with Crippen molar-refractivity contribution in [3.8, 4) is 22.3 Å². The molecule has 0 atom stereocenters. The summed E-state index contributed by atoms with van der Waals surface area (Å²) < 4.78 is 6.34. The molecule has 1 heterocycles. The third-order valence-corrected chi connectivity index (χ3v) is 10.0. The van der Waals surface area contributed by atoms with Gasteiger partial charge in [0.1, 0.15) is 73.9 Å². The highest BCUT2D eigenvalue weighted by Gasteiger charge is 2.25. The van der Waals surface area contributed by atoms with E-state index in [1.165, 1.54) is 0 Å². The van der Waals surface area contributed by atoms with Gasteiger partial charge >= 0.3 is 0 Å². The molecule has 0 N–H and O–H groups in total. The zero-order valence-corrected chi connectivity index (χ0v) is 26.3. The third kappa shape index (κ3) is 4.18. The van der Waals surface area contributed by atoms with Crippen LogP contribution in [0.5, 0.6) is 0 Å². The van der Waals surface area contributed by atoms with Crippen LogP contribution in [0.1, 0.15) is 0 Å². The molecular weight excluding hydrogens is 583 g/mol. The molecular formula is C40H16B8O. The van der Waals surface area contributed by atoms with Crippen LogP contribution in [0, 0.1) is 0 Å². The number of rotatable bonds is 2. The van der Waals surface area contributed by atoms with Gasteiger partial charge in [0, 0.05) is 10.8 Å². The maximum atomic E-state index is 6.97. The van der Waals surface area contributed by atoms with E-state index in [4.69, 9.17) is 67.2 Å². The van der Waals surface area contributed by atoms with Gasteiger partial charge in [-0.1, -0.05) is 94.6 Å². The Labute approximate surface area is 294 Å². The summed E-state index contributed by atoms with van der Waals surface area (Å²) >= 11 is 0. The van der Waals surface area contributed by atoms with Gasteiger partial charge < -0.3 is 4.42 Å². The van der Waals surface area contributed by atoms with Crippen LogP contribution in [-0.2, 0) is 0 Å². The van der Waals surface area contributed by atoms with Gasteiger partial charge in [-0.2, -0.15) is 0 Å². The van der Waals surface area contributed by atoms with E-state index >= 15 is 0 Å². The molecule has 0 aliphatic heterocycles. The lowest BCUT2D eigenvalue weighted by Crippen LogP contribution is -2.50. The maximum absolute atomic E-state index is 6.97. The molecule has 0 amide bonds. The standard InChI is InChI=1S/C40H16B8O/c41-33-29-27(20-12-13-25-23(15-20)24-14-18-7-1-2-8-19(18)16-26(24)49-25)30-32(36(44)40(48)38(46)34(30)42)28(31(29)35(43)39(47)37(33)45)22-11-5-9-17-6-3-4-10-21(17)22/h1-16H.